The molecule has 0 radical (unpaired) electrons. The molecule has 0 saturated carbocycles. The van der Waals surface area contributed by atoms with E-state index in [2.05, 4.69) is 32.8 Å². The van der Waals surface area contributed by atoms with Crippen LogP contribution in [-0.2, 0) is 6.42 Å². The second-order valence-corrected chi connectivity index (χ2v) is 10.7. The molecule has 232 valence electrons. The summed E-state index contributed by atoms with van der Waals surface area (Å²) in [5, 5.41) is 24.5. The van der Waals surface area contributed by atoms with Crippen LogP contribution in [0.4, 0.5) is 32.3 Å². The van der Waals surface area contributed by atoms with Gasteiger partial charge in [0.15, 0.2) is 0 Å². The van der Waals surface area contributed by atoms with Gasteiger partial charge in [-0.05, 0) is 56.2 Å². The van der Waals surface area contributed by atoms with Crippen molar-refractivity contribution in [2.75, 3.05) is 16.0 Å². The fourth-order valence-corrected chi connectivity index (χ4v) is 4.92. The molecule has 2 heterocycles. The molecule has 0 saturated heterocycles. The Balaban J connectivity index is 1.21. The zero-order chi connectivity index (χ0) is 32.0. The van der Waals surface area contributed by atoms with Crippen molar-refractivity contribution in [3.8, 4) is 23.1 Å². The van der Waals surface area contributed by atoms with Gasteiger partial charge in [-0.1, -0.05) is 55.3 Å². The average molecular weight is 618 g/mol. The van der Waals surface area contributed by atoms with Gasteiger partial charge in [-0.15, -0.1) is 0 Å². The molecule has 0 aliphatic carbocycles. The van der Waals surface area contributed by atoms with Gasteiger partial charge >= 0.3 is 6.03 Å². The molecule has 11 heteroatoms. The predicted octanol–water partition coefficient (Wildman–Crippen LogP) is 8.49. The number of carbonyl (C=O) groups is 1. The van der Waals surface area contributed by atoms with E-state index in [0.717, 1.165) is 53.0 Å². The molecule has 4 aromatic carbocycles. The summed E-state index contributed by atoms with van der Waals surface area (Å²) in [6, 6.07) is 25.8. The number of amides is 2. The van der Waals surface area contributed by atoms with E-state index in [1.165, 1.54) is 18.3 Å². The van der Waals surface area contributed by atoms with Gasteiger partial charge < -0.3 is 20.5 Å². The molecule has 0 unspecified atom stereocenters. The van der Waals surface area contributed by atoms with E-state index >= 15 is 0 Å². The zero-order valence-electron chi connectivity index (χ0n) is 25.3. The Bertz CT molecular complexity index is 2010. The third-order valence-electron chi connectivity index (χ3n) is 7.24. The van der Waals surface area contributed by atoms with Crippen LogP contribution in [0, 0.1) is 12.7 Å². The monoisotopic (exact) mass is 617 g/mol. The Kier molecular flexibility index (Phi) is 8.73. The Morgan fingerprint density at radius 3 is 2.50 bits per heavy atom. The van der Waals surface area contributed by atoms with Gasteiger partial charge in [0.2, 0.25) is 11.8 Å². The number of phenols is 1. The van der Waals surface area contributed by atoms with Crippen molar-refractivity contribution in [1.29, 1.82) is 0 Å². The summed E-state index contributed by atoms with van der Waals surface area (Å²) < 4.78 is 22.1. The number of aryl methyl sites for hydroxylation is 2. The van der Waals surface area contributed by atoms with E-state index in [1.54, 1.807) is 22.9 Å². The maximum absolute atomic E-state index is 14.2. The minimum Gasteiger partial charge on any atom is -0.508 e. The van der Waals surface area contributed by atoms with E-state index in [-0.39, 0.29) is 23.3 Å². The summed E-state index contributed by atoms with van der Waals surface area (Å²) in [5.41, 5.74) is 3.58. The third kappa shape index (κ3) is 6.88. The maximum atomic E-state index is 14.2. The quantitative estimate of drug-likeness (QED) is 0.114. The fraction of sp³-hybridized carbons (Fsp3) is 0.143. The number of fused-ring (bicyclic) bond motifs is 1. The van der Waals surface area contributed by atoms with Crippen LogP contribution >= 0.6 is 0 Å². The van der Waals surface area contributed by atoms with E-state index in [0.29, 0.717) is 17.3 Å². The van der Waals surface area contributed by atoms with Gasteiger partial charge in [0.1, 0.15) is 23.1 Å². The van der Waals surface area contributed by atoms with Crippen LogP contribution in [0.5, 0.6) is 17.4 Å². The summed E-state index contributed by atoms with van der Waals surface area (Å²) in [5.74, 6) is 0.572. The van der Waals surface area contributed by atoms with Crippen molar-refractivity contribution in [3.05, 3.63) is 114 Å². The number of unbranched alkanes of at least 4 members (excludes halogenated alkanes) is 1. The lowest BCUT2D eigenvalue weighted by molar-refractivity contribution is 0.262. The van der Waals surface area contributed by atoms with Gasteiger partial charge in [-0.3, -0.25) is 5.32 Å². The summed E-state index contributed by atoms with van der Waals surface area (Å²) in [6.45, 7) is 4.16. The highest BCUT2D eigenvalue weighted by Crippen LogP contribution is 2.34. The lowest BCUT2D eigenvalue weighted by atomic mass is 10.1. The number of benzene rings is 4. The van der Waals surface area contributed by atoms with Crippen molar-refractivity contribution in [2.24, 2.45) is 0 Å². The number of aromatic nitrogens is 4. The molecule has 2 aromatic heterocycles. The van der Waals surface area contributed by atoms with Crippen molar-refractivity contribution < 1.29 is 19.0 Å². The van der Waals surface area contributed by atoms with Gasteiger partial charge in [0, 0.05) is 35.2 Å². The number of hydrogen-bond acceptors (Lipinski definition) is 7. The molecular formula is C35H32FN7O3. The van der Waals surface area contributed by atoms with E-state index < -0.39 is 11.8 Å². The smallest absolute Gasteiger partial charge is 0.324 e. The molecule has 4 N–H and O–H groups in total. The Hall–Kier alpha value is -5.97. The Morgan fingerprint density at radius 2 is 1.72 bits per heavy atom. The SMILES string of the molecule is CCCCc1cc(NC(=O)Nc2ccc(Oc3ccnc(Nc4ccc(O)cc4F)n3)c3ccccc23)n(-c2ccc(C)cc2)n1. The first-order chi connectivity index (χ1) is 22.4. The lowest BCUT2D eigenvalue weighted by Crippen LogP contribution is -2.21. The second kappa shape index (κ2) is 13.3. The van der Waals surface area contributed by atoms with Crippen LogP contribution in [0.15, 0.2) is 97.2 Å². The number of rotatable bonds is 10. The van der Waals surface area contributed by atoms with Crippen molar-refractivity contribution in [2.45, 2.75) is 33.1 Å². The van der Waals surface area contributed by atoms with Gasteiger partial charge in [0.05, 0.1) is 22.8 Å². The second-order valence-electron chi connectivity index (χ2n) is 10.7. The summed E-state index contributed by atoms with van der Waals surface area (Å²) >= 11 is 0. The first-order valence-corrected chi connectivity index (χ1v) is 14.9. The number of halogens is 1. The molecule has 0 aliphatic heterocycles. The standard InChI is InChI=1S/C35H32FN7O3/c1-3-4-7-23-20-32(43(42-23)24-12-10-22(2)11-13-24)40-35(45)39-29-16-17-31(27-9-6-5-8-26(27)29)46-33-18-19-37-34(41-33)38-30-15-14-25(44)21-28(30)36/h5-6,8-21,44H,3-4,7H2,1-2H3,(H,37,38,41)(H2,39,40,45). The number of nitrogens with one attached hydrogen (secondary N) is 3. The van der Waals surface area contributed by atoms with Crippen molar-refractivity contribution in [1.82, 2.24) is 19.7 Å². The number of urea groups is 1. The molecular weight excluding hydrogens is 585 g/mol. The maximum Gasteiger partial charge on any atom is 0.324 e. The number of anilines is 4. The molecule has 0 aliphatic rings. The Labute approximate surface area is 264 Å². The third-order valence-corrected chi connectivity index (χ3v) is 7.24. The molecule has 0 spiro atoms. The van der Waals surface area contributed by atoms with Gasteiger partial charge in [0.25, 0.3) is 0 Å². The predicted molar refractivity (Wildman–Crippen MR) is 177 cm³/mol. The summed E-state index contributed by atoms with van der Waals surface area (Å²) in [4.78, 5) is 21.8. The zero-order valence-corrected chi connectivity index (χ0v) is 25.3. The number of ether oxygens (including phenoxy) is 1. The molecule has 6 rings (SSSR count). The first-order valence-electron chi connectivity index (χ1n) is 14.9. The van der Waals surface area contributed by atoms with Crippen LogP contribution in [0.2, 0.25) is 0 Å². The molecule has 0 fully saturated rings. The van der Waals surface area contributed by atoms with Gasteiger partial charge in [-0.2, -0.15) is 10.1 Å². The number of phenolic OH excluding ortho intramolecular Hbond substituents is 1. The first kappa shape index (κ1) is 30.1. The number of hydrogen-bond donors (Lipinski definition) is 4. The number of nitrogens with zero attached hydrogens (tertiary/aromatic N) is 4. The number of aromatic hydroxyl groups is 1. The highest BCUT2D eigenvalue weighted by atomic mass is 19.1. The van der Waals surface area contributed by atoms with Crippen molar-refractivity contribution in [3.63, 3.8) is 0 Å². The normalized spacial score (nSPS) is 10.9. The summed E-state index contributed by atoms with van der Waals surface area (Å²) in [7, 11) is 0. The van der Waals surface area contributed by atoms with Crippen LogP contribution in [0.1, 0.15) is 31.0 Å². The van der Waals surface area contributed by atoms with E-state index in [1.807, 2.05) is 61.5 Å². The summed E-state index contributed by atoms with van der Waals surface area (Å²) in [6.07, 6.45) is 4.35. The molecule has 46 heavy (non-hydrogen) atoms. The van der Waals surface area contributed by atoms with E-state index in [9.17, 15) is 14.3 Å². The molecule has 6 aromatic rings. The fourth-order valence-electron chi connectivity index (χ4n) is 4.92. The minimum atomic E-state index is -0.649. The lowest BCUT2D eigenvalue weighted by Gasteiger charge is -2.14. The van der Waals surface area contributed by atoms with Crippen molar-refractivity contribution >= 4 is 39.9 Å². The molecule has 0 atom stereocenters. The topological polar surface area (TPSA) is 126 Å². The molecule has 0 bridgehead atoms. The molecule has 10 nitrogen and oxygen atoms in total. The average Bonchev–Trinajstić information content (AvgIpc) is 3.45. The number of carbonyl (C=O) groups excluding carboxylic acids is 1. The minimum absolute atomic E-state index is 0.105. The van der Waals surface area contributed by atoms with Gasteiger partial charge in [-0.25, -0.2) is 18.9 Å². The highest BCUT2D eigenvalue weighted by Gasteiger charge is 2.15. The highest BCUT2D eigenvalue weighted by molar-refractivity contribution is 6.07. The largest absolute Gasteiger partial charge is 0.508 e. The van der Waals surface area contributed by atoms with Crippen LogP contribution in [0.3, 0.4) is 0 Å². The van der Waals surface area contributed by atoms with Crippen LogP contribution in [0.25, 0.3) is 16.5 Å². The Morgan fingerprint density at radius 1 is 0.935 bits per heavy atom. The molecule has 2 amide bonds. The van der Waals surface area contributed by atoms with E-state index in [4.69, 9.17) is 9.84 Å². The van der Waals surface area contributed by atoms with Crippen LogP contribution < -0.4 is 20.7 Å². The van der Waals surface area contributed by atoms with Crippen LogP contribution in [-0.4, -0.2) is 30.9 Å².